The molecular weight excluding hydrogens is 412 g/mol. The molecule has 5 rings (SSSR count). The molecule has 2 aromatic carbocycles. The summed E-state index contributed by atoms with van der Waals surface area (Å²) in [6.07, 6.45) is 5.94. The van der Waals surface area contributed by atoms with Crippen molar-refractivity contribution in [2.75, 3.05) is 0 Å². The lowest BCUT2D eigenvalue weighted by molar-refractivity contribution is 0.0377. The highest BCUT2D eigenvalue weighted by molar-refractivity contribution is 5.85. The van der Waals surface area contributed by atoms with Gasteiger partial charge in [-0.25, -0.2) is 14.8 Å². The number of nitrogens with one attached hydrogen (secondary N) is 1. The molecule has 2 aromatic heterocycles. The minimum absolute atomic E-state index is 0.369. The smallest absolute Gasteiger partial charge is 0.408 e. The lowest BCUT2D eigenvalue weighted by atomic mass is 9.72. The number of aromatic nitrogens is 3. The molecule has 2 heterocycles. The van der Waals surface area contributed by atoms with Crippen LogP contribution < -0.4 is 5.32 Å². The van der Waals surface area contributed by atoms with Crippen molar-refractivity contribution in [2.24, 2.45) is 0 Å². The van der Waals surface area contributed by atoms with Crippen LogP contribution in [-0.4, -0.2) is 26.2 Å². The summed E-state index contributed by atoms with van der Waals surface area (Å²) in [4.78, 5) is 21.2. The third kappa shape index (κ3) is 4.09. The van der Waals surface area contributed by atoms with E-state index >= 15 is 0 Å². The number of ether oxygens (including phenoxy) is 1. The van der Waals surface area contributed by atoms with Gasteiger partial charge in [-0.1, -0.05) is 42.5 Å². The molecule has 6 heteroatoms. The first-order chi connectivity index (χ1) is 15.8. The van der Waals surface area contributed by atoms with Gasteiger partial charge < -0.3 is 14.6 Å². The number of carbonyl (C=O) groups is 1. The topological polar surface area (TPSA) is 69.0 Å². The summed E-state index contributed by atoms with van der Waals surface area (Å²) in [6, 6.07) is 20.8. The molecule has 1 aliphatic carbocycles. The average molecular weight is 441 g/mol. The van der Waals surface area contributed by atoms with Crippen molar-refractivity contribution in [3.05, 3.63) is 78.8 Å². The molecule has 1 fully saturated rings. The fourth-order valence-electron chi connectivity index (χ4n) is 4.48. The second kappa shape index (κ2) is 8.03. The van der Waals surface area contributed by atoms with E-state index < -0.39 is 5.60 Å². The summed E-state index contributed by atoms with van der Waals surface area (Å²) in [5.74, 6) is 0. The zero-order valence-corrected chi connectivity index (χ0v) is 19.2. The molecule has 0 unspecified atom stereocenters. The number of fused-ring (bicyclic) bond motifs is 1. The van der Waals surface area contributed by atoms with Gasteiger partial charge in [0.15, 0.2) is 0 Å². The predicted molar refractivity (Wildman–Crippen MR) is 129 cm³/mol. The number of alkyl carbamates (subject to hydrolysis) is 1. The number of carbonyl (C=O) groups excluding carboxylic acids is 1. The number of nitrogens with zero attached hydrogens (tertiary/aromatic N) is 3. The number of rotatable bonds is 4. The van der Waals surface area contributed by atoms with E-state index in [1.54, 1.807) is 6.33 Å². The Balaban J connectivity index is 1.51. The van der Waals surface area contributed by atoms with E-state index in [1.165, 1.54) is 0 Å². The van der Waals surface area contributed by atoms with Gasteiger partial charge in [-0.15, -0.1) is 0 Å². The van der Waals surface area contributed by atoms with Gasteiger partial charge in [0.05, 0.1) is 28.5 Å². The maximum Gasteiger partial charge on any atom is 0.408 e. The van der Waals surface area contributed by atoms with Crippen LogP contribution in [0.1, 0.15) is 45.6 Å². The summed E-state index contributed by atoms with van der Waals surface area (Å²) >= 11 is 0. The van der Waals surface area contributed by atoms with Crippen LogP contribution in [0.25, 0.3) is 28.0 Å². The van der Waals surface area contributed by atoms with Crippen LogP contribution in [0.15, 0.2) is 73.2 Å². The second-order valence-electron chi connectivity index (χ2n) is 9.63. The third-order valence-electron chi connectivity index (χ3n) is 6.17. The summed E-state index contributed by atoms with van der Waals surface area (Å²) in [5.41, 5.74) is 5.25. The largest absolute Gasteiger partial charge is 0.444 e. The molecule has 0 bridgehead atoms. The number of hydrogen-bond acceptors (Lipinski definition) is 4. The highest BCUT2D eigenvalue weighted by Gasteiger charge is 2.41. The maximum atomic E-state index is 12.5. The van der Waals surface area contributed by atoms with E-state index in [-0.39, 0.29) is 11.6 Å². The Morgan fingerprint density at radius 2 is 1.79 bits per heavy atom. The fraction of sp³-hybridized carbons (Fsp3) is 0.296. The Kier molecular flexibility index (Phi) is 5.16. The third-order valence-corrected chi connectivity index (χ3v) is 6.17. The molecule has 6 nitrogen and oxygen atoms in total. The monoisotopic (exact) mass is 440 g/mol. The lowest BCUT2D eigenvalue weighted by Gasteiger charge is -2.43. The van der Waals surface area contributed by atoms with E-state index in [4.69, 9.17) is 4.74 Å². The molecule has 33 heavy (non-hydrogen) atoms. The molecule has 1 N–H and O–H groups in total. The highest BCUT2D eigenvalue weighted by Crippen LogP contribution is 2.42. The minimum Gasteiger partial charge on any atom is -0.444 e. The van der Waals surface area contributed by atoms with Crippen LogP contribution in [0.4, 0.5) is 4.79 Å². The van der Waals surface area contributed by atoms with Crippen LogP contribution >= 0.6 is 0 Å². The van der Waals surface area contributed by atoms with Crippen molar-refractivity contribution in [3.63, 3.8) is 0 Å². The Bertz CT molecular complexity index is 1280. The van der Waals surface area contributed by atoms with Gasteiger partial charge >= 0.3 is 6.09 Å². The van der Waals surface area contributed by atoms with Crippen molar-refractivity contribution in [2.45, 2.75) is 51.2 Å². The van der Waals surface area contributed by atoms with Crippen LogP contribution in [0, 0.1) is 0 Å². The molecule has 0 atom stereocenters. The first-order valence-corrected chi connectivity index (χ1v) is 11.3. The van der Waals surface area contributed by atoms with E-state index in [0.717, 1.165) is 52.8 Å². The molecule has 1 amide bonds. The van der Waals surface area contributed by atoms with Crippen LogP contribution in [0.3, 0.4) is 0 Å². The lowest BCUT2D eigenvalue weighted by Crippen LogP contribution is -2.52. The van der Waals surface area contributed by atoms with Crippen molar-refractivity contribution in [3.8, 4) is 16.9 Å². The summed E-state index contributed by atoms with van der Waals surface area (Å²) in [6.45, 7) is 5.64. The quantitative estimate of drug-likeness (QED) is 0.423. The first-order valence-electron chi connectivity index (χ1n) is 11.3. The average Bonchev–Trinajstić information content (AvgIpc) is 3.15. The molecule has 4 aromatic rings. The second-order valence-corrected chi connectivity index (χ2v) is 9.63. The Labute approximate surface area is 193 Å². The molecule has 0 saturated heterocycles. The molecular formula is C27H28N4O2. The van der Waals surface area contributed by atoms with E-state index in [1.807, 2.05) is 45.2 Å². The van der Waals surface area contributed by atoms with E-state index in [2.05, 4.69) is 62.3 Å². The van der Waals surface area contributed by atoms with E-state index in [9.17, 15) is 4.79 Å². The zero-order valence-electron chi connectivity index (χ0n) is 19.2. The van der Waals surface area contributed by atoms with Crippen LogP contribution in [0.2, 0.25) is 0 Å². The Morgan fingerprint density at radius 1 is 1.06 bits per heavy atom. The van der Waals surface area contributed by atoms with E-state index in [0.29, 0.717) is 0 Å². The first kappa shape index (κ1) is 21.2. The number of hydrogen-bond donors (Lipinski definition) is 1. The number of amides is 1. The van der Waals surface area contributed by atoms with Gasteiger partial charge in [-0.05, 0) is 69.4 Å². The number of benzene rings is 2. The van der Waals surface area contributed by atoms with Crippen molar-refractivity contribution in [1.82, 2.24) is 19.9 Å². The Morgan fingerprint density at radius 3 is 2.42 bits per heavy atom. The summed E-state index contributed by atoms with van der Waals surface area (Å²) in [7, 11) is 0. The van der Waals surface area contributed by atoms with Gasteiger partial charge in [0.2, 0.25) is 0 Å². The molecule has 1 saturated carbocycles. The molecule has 0 aliphatic heterocycles. The summed E-state index contributed by atoms with van der Waals surface area (Å²) < 4.78 is 7.70. The standard InChI is InChI=1S/C27H28N4O2/c1-26(2,3)33-25(32)30-27(14-7-15-27)20-10-12-21(13-11-20)31-23(19-8-5-4-6-9-19)16-22-24(31)17-28-18-29-22/h4-6,8-13,16-18H,7,14-15H2,1-3H3,(H,30,32). The van der Waals surface area contributed by atoms with Gasteiger partial charge in [-0.3, -0.25) is 0 Å². The van der Waals surface area contributed by atoms with Crippen molar-refractivity contribution in [1.29, 1.82) is 0 Å². The predicted octanol–water partition coefficient (Wildman–Crippen LogP) is 5.99. The highest BCUT2D eigenvalue weighted by atomic mass is 16.6. The molecule has 0 spiro atoms. The molecule has 1 aliphatic rings. The van der Waals surface area contributed by atoms with Gasteiger partial charge in [0, 0.05) is 5.69 Å². The molecule has 168 valence electrons. The SMILES string of the molecule is CC(C)(C)OC(=O)NC1(c2ccc(-n3c(-c4ccccc4)cc4ncncc43)cc2)CCC1. The van der Waals surface area contributed by atoms with Crippen molar-refractivity contribution < 1.29 is 9.53 Å². The Hall–Kier alpha value is -3.67. The maximum absolute atomic E-state index is 12.5. The minimum atomic E-state index is -0.524. The van der Waals surface area contributed by atoms with Gasteiger partial charge in [0.25, 0.3) is 0 Å². The molecule has 0 radical (unpaired) electrons. The normalized spacial score (nSPS) is 15.1. The zero-order chi connectivity index (χ0) is 23.1. The fourth-order valence-corrected chi connectivity index (χ4v) is 4.48. The van der Waals surface area contributed by atoms with Crippen LogP contribution in [0.5, 0.6) is 0 Å². The van der Waals surface area contributed by atoms with Crippen LogP contribution in [-0.2, 0) is 10.3 Å². The van der Waals surface area contributed by atoms with Gasteiger partial charge in [-0.2, -0.15) is 0 Å². The van der Waals surface area contributed by atoms with Gasteiger partial charge in [0.1, 0.15) is 11.9 Å². The summed E-state index contributed by atoms with van der Waals surface area (Å²) in [5, 5.41) is 3.14. The van der Waals surface area contributed by atoms with Crippen molar-refractivity contribution >= 4 is 17.1 Å².